The van der Waals surface area contributed by atoms with E-state index in [9.17, 15) is 9.59 Å². The molecule has 8 nitrogen and oxygen atoms in total. The third-order valence-electron chi connectivity index (χ3n) is 5.25. The van der Waals surface area contributed by atoms with Gasteiger partial charge in [0.25, 0.3) is 0 Å². The van der Waals surface area contributed by atoms with Gasteiger partial charge in [0, 0.05) is 48.9 Å². The predicted molar refractivity (Wildman–Crippen MR) is 118 cm³/mol. The molecule has 0 bridgehead atoms. The molecule has 0 unspecified atom stereocenters. The van der Waals surface area contributed by atoms with Crippen LogP contribution in [0, 0.1) is 0 Å². The lowest BCUT2D eigenvalue weighted by molar-refractivity contribution is -0.112. The highest BCUT2D eigenvalue weighted by Crippen LogP contribution is 2.24. The van der Waals surface area contributed by atoms with Crippen LogP contribution >= 0.6 is 0 Å². The van der Waals surface area contributed by atoms with E-state index in [0.717, 1.165) is 29.6 Å². The van der Waals surface area contributed by atoms with E-state index in [2.05, 4.69) is 20.2 Å². The SMILES string of the molecule is CN1CCN(C(=O)Nc2ccc3c(C=C(C(N)=O)c4ccccc4)c[nH]c3n2)CC1. The van der Waals surface area contributed by atoms with Crippen LogP contribution in [0.15, 0.2) is 48.7 Å². The van der Waals surface area contributed by atoms with Gasteiger partial charge in [-0.1, -0.05) is 30.3 Å². The molecule has 0 radical (unpaired) electrons. The smallest absolute Gasteiger partial charge is 0.323 e. The van der Waals surface area contributed by atoms with Crippen LogP contribution in [-0.2, 0) is 4.79 Å². The molecule has 1 fully saturated rings. The zero-order chi connectivity index (χ0) is 21.1. The number of rotatable bonds is 4. The summed E-state index contributed by atoms with van der Waals surface area (Å²) < 4.78 is 0. The van der Waals surface area contributed by atoms with Crippen LogP contribution in [0.4, 0.5) is 10.6 Å². The van der Waals surface area contributed by atoms with Gasteiger partial charge in [0.05, 0.1) is 0 Å². The van der Waals surface area contributed by atoms with Crippen LogP contribution < -0.4 is 11.1 Å². The van der Waals surface area contributed by atoms with Crippen molar-refractivity contribution in [2.45, 2.75) is 0 Å². The summed E-state index contributed by atoms with van der Waals surface area (Å²) in [5.74, 6) is -0.0263. The van der Waals surface area contributed by atoms with Crippen LogP contribution in [0.5, 0.6) is 0 Å². The fourth-order valence-electron chi connectivity index (χ4n) is 3.48. The number of likely N-dealkylation sites (N-methyl/N-ethyl adjacent to an activating group) is 1. The molecule has 2 aromatic heterocycles. The highest BCUT2D eigenvalue weighted by molar-refractivity contribution is 6.24. The molecule has 4 N–H and O–H groups in total. The highest BCUT2D eigenvalue weighted by atomic mass is 16.2. The first-order valence-electron chi connectivity index (χ1n) is 9.81. The molecule has 1 aliphatic heterocycles. The van der Waals surface area contributed by atoms with Gasteiger partial charge in [-0.2, -0.15) is 0 Å². The molecule has 1 aliphatic rings. The number of pyridine rings is 1. The molecule has 0 saturated carbocycles. The molecule has 8 heteroatoms. The first kappa shape index (κ1) is 19.7. The van der Waals surface area contributed by atoms with Gasteiger partial charge in [0.15, 0.2) is 0 Å². The van der Waals surface area contributed by atoms with E-state index in [4.69, 9.17) is 5.73 Å². The molecule has 4 rings (SSSR count). The third-order valence-corrected chi connectivity index (χ3v) is 5.25. The van der Waals surface area contributed by atoms with Crippen LogP contribution in [-0.4, -0.2) is 64.9 Å². The zero-order valence-electron chi connectivity index (χ0n) is 16.8. The van der Waals surface area contributed by atoms with Gasteiger partial charge in [-0.25, -0.2) is 9.78 Å². The Kier molecular flexibility index (Phi) is 5.49. The Hall–Kier alpha value is -3.65. The Balaban J connectivity index is 1.56. The van der Waals surface area contributed by atoms with Crippen molar-refractivity contribution < 1.29 is 9.59 Å². The van der Waals surface area contributed by atoms with E-state index in [1.807, 2.05) is 43.4 Å². The molecule has 30 heavy (non-hydrogen) atoms. The third kappa shape index (κ3) is 4.18. The number of amides is 3. The summed E-state index contributed by atoms with van der Waals surface area (Å²) in [6.07, 6.45) is 3.52. The molecule has 3 aromatic rings. The van der Waals surface area contributed by atoms with Crippen LogP contribution in [0.3, 0.4) is 0 Å². The van der Waals surface area contributed by atoms with Crippen LogP contribution in [0.1, 0.15) is 11.1 Å². The van der Waals surface area contributed by atoms with E-state index in [-0.39, 0.29) is 6.03 Å². The van der Waals surface area contributed by atoms with Crippen molar-refractivity contribution in [3.8, 4) is 0 Å². The van der Waals surface area contributed by atoms with Crippen molar-refractivity contribution in [2.75, 3.05) is 38.5 Å². The maximum absolute atomic E-state index is 12.5. The summed E-state index contributed by atoms with van der Waals surface area (Å²) in [4.78, 5) is 36.0. The van der Waals surface area contributed by atoms with Crippen molar-refractivity contribution in [3.63, 3.8) is 0 Å². The first-order chi connectivity index (χ1) is 14.5. The van der Waals surface area contributed by atoms with E-state index >= 15 is 0 Å². The number of fused-ring (bicyclic) bond motifs is 1. The molecule has 3 amide bonds. The van der Waals surface area contributed by atoms with E-state index < -0.39 is 5.91 Å². The number of hydrogen-bond donors (Lipinski definition) is 3. The van der Waals surface area contributed by atoms with E-state index in [1.54, 1.807) is 23.2 Å². The molecule has 0 aliphatic carbocycles. The number of anilines is 1. The maximum Gasteiger partial charge on any atom is 0.323 e. The molecule has 0 spiro atoms. The Bertz CT molecular complexity index is 1100. The molecular weight excluding hydrogens is 380 g/mol. The number of nitrogens with zero attached hydrogens (tertiary/aromatic N) is 3. The standard InChI is InChI=1S/C22H24N6O2/c1-27-9-11-28(12-10-27)22(30)26-19-8-7-17-16(14-24-21(17)25-19)13-18(20(23)29)15-5-3-2-4-6-15/h2-8,13-14H,9-12H2,1H3,(H2,23,29)(H2,24,25,26,30). The number of benzene rings is 1. The number of nitrogens with one attached hydrogen (secondary N) is 2. The summed E-state index contributed by atoms with van der Waals surface area (Å²) in [6.45, 7) is 3.10. The summed E-state index contributed by atoms with van der Waals surface area (Å²) in [5.41, 5.74) is 8.19. The Morgan fingerprint density at radius 1 is 1.10 bits per heavy atom. The second-order valence-corrected chi connectivity index (χ2v) is 7.35. The number of H-pyrrole nitrogens is 1. The molecule has 0 atom stereocenters. The number of nitrogens with two attached hydrogens (primary N) is 1. The van der Waals surface area contributed by atoms with Crippen molar-refractivity contribution >= 4 is 40.4 Å². The average molecular weight is 404 g/mol. The van der Waals surface area contributed by atoms with Crippen molar-refractivity contribution in [2.24, 2.45) is 5.73 Å². The maximum atomic E-state index is 12.5. The molecular formula is C22H24N6O2. The number of carbonyl (C=O) groups excluding carboxylic acids is 2. The lowest BCUT2D eigenvalue weighted by atomic mass is 10.0. The Morgan fingerprint density at radius 3 is 2.53 bits per heavy atom. The molecule has 154 valence electrons. The van der Waals surface area contributed by atoms with Gasteiger partial charge in [-0.15, -0.1) is 0 Å². The number of piperazine rings is 1. The number of primary amides is 1. The predicted octanol–water partition coefficient (Wildman–Crippen LogP) is 2.37. The fourth-order valence-corrected chi connectivity index (χ4v) is 3.48. The number of urea groups is 1. The van der Waals surface area contributed by atoms with E-state index in [0.29, 0.717) is 30.1 Å². The van der Waals surface area contributed by atoms with Crippen LogP contribution in [0.25, 0.3) is 22.7 Å². The first-order valence-corrected chi connectivity index (χ1v) is 9.81. The summed E-state index contributed by atoms with van der Waals surface area (Å²) in [5, 5.41) is 3.70. The lowest BCUT2D eigenvalue weighted by Crippen LogP contribution is -2.48. The van der Waals surface area contributed by atoms with Gasteiger partial charge in [0.1, 0.15) is 11.5 Å². The van der Waals surface area contributed by atoms with Gasteiger partial charge in [0.2, 0.25) is 5.91 Å². The van der Waals surface area contributed by atoms with Crippen molar-refractivity contribution in [1.82, 2.24) is 19.8 Å². The minimum Gasteiger partial charge on any atom is -0.366 e. The average Bonchev–Trinajstić information content (AvgIpc) is 3.15. The lowest BCUT2D eigenvalue weighted by Gasteiger charge is -2.32. The highest BCUT2D eigenvalue weighted by Gasteiger charge is 2.19. The second kappa shape index (κ2) is 8.38. The zero-order valence-corrected chi connectivity index (χ0v) is 16.8. The molecule has 1 aromatic carbocycles. The van der Waals surface area contributed by atoms with Crippen LogP contribution in [0.2, 0.25) is 0 Å². The largest absolute Gasteiger partial charge is 0.366 e. The van der Waals surface area contributed by atoms with Crippen molar-refractivity contribution in [1.29, 1.82) is 0 Å². The summed E-state index contributed by atoms with van der Waals surface area (Å²) in [7, 11) is 2.05. The van der Waals surface area contributed by atoms with Gasteiger partial charge < -0.3 is 20.5 Å². The molecule has 1 saturated heterocycles. The number of aromatic nitrogens is 2. The fraction of sp³-hybridized carbons (Fsp3) is 0.227. The minimum atomic E-state index is -0.500. The second-order valence-electron chi connectivity index (χ2n) is 7.35. The molecule has 3 heterocycles. The number of hydrogen-bond acceptors (Lipinski definition) is 4. The number of carbonyl (C=O) groups is 2. The van der Waals surface area contributed by atoms with Gasteiger partial charge >= 0.3 is 6.03 Å². The Morgan fingerprint density at radius 2 is 1.83 bits per heavy atom. The quantitative estimate of drug-likeness (QED) is 0.580. The normalized spacial score (nSPS) is 15.4. The topological polar surface area (TPSA) is 107 Å². The van der Waals surface area contributed by atoms with Gasteiger partial charge in [-0.05, 0) is 30.8 Å². The van der Waals surface area contributed by atoms with Crippen molar-refractivity contribution in [3.05, 3.63) is 59.8 Å². The summed E-state index contributed by atoms with van der Waals surface area (Å²) >= 11 is 0. The monoisotopic (exact) mass is 404 g/mol. The minimum absolute atomic E-state index is 0.151. The van der Waals surface area contributed by atoms with Gasteiger partial charge in [-0.3, -0.25) is 10.1 Å². The summed E-state index contributed by atoms with van der Waals surface area (Å²) in [6, 6.07) is 12.8. The number of aromatic amines is 1. The Labute approximate surface area is 174 Å². The van der Waals surface area contributed by atoms with E-state index in [1.165, 1.54) is 0 Å².